The van der Waals surface area contributed by atoms with E-state index in [-0.39, 0.29) is 0 Å². The van der Waals surface area contributed by atoms with Crippen molar-refractivity contribution in [3.63, 3.8) is 0 Å². The van der Waals surface area contributed by atoms with Crippen molar-refractivity contribution in [2.24, 2.45) is 0 Å². The molecule has 1 aromatic heterocycles. The molecule has 2 aromatic rings. The van der Waals surface area contributed by atoms with Crippen LogP contribution in [0.1, 0.15) is 61.2 Å². The van der Waals surface area contributed by atoms with Crippen molar-refractivity contribution < 1.29 is 0 Å². The summed E-state index contributed by atoms with van der Waals surface area (Å²) in [5.74, 6) is 1.01. The largest absolute Gasteiger partial charge is 0.375 e. The number of anilines is 1. The number of benzene rings is 1. The second-order valence-electron chi connectivity index (χ2n) is 5.59. The fraction of sp³-hybridized carbons (Fsp3) is 0.438. The molecular weight excluding hydrogens is 252 g/mol. The molecular formula is C16H22N2S. The Morgan fingerprint density at radius 1 is 1.05 bits per heavy atom. The molecule has 19 heavy (non-hydrogen) atoms. The smallest absolute Gasteiger partial charge is 0.180 e. The standard InChI is InChI=1S/C16H22N2S/c1-10(2)13-7-5-12(6-8-13)9-14-15(11(3)4)18-16(17)19-14/h5-8,10-11H,9H2,1-4H3,(H2,17,18). The molecule has 0 amide bonds. The van der Waals surface area contributed by atoms with E-state index in [9.17, 15) is 0 Å². The minimum absolute atomic E-state index is 0.429. The van der Waals surface area contributed by atoms with Gasteiger partial charge in [-0.05, 0) is 23.0 Å². The highest BCUT2D eigenvalue weighted by Gasteiger charge is 2.13. The first-order valence-electron chi connectivity index (χ1n) is 6.81. The fourth-order valence-corrected chi connectivity index (χ4v) is 3.19. The fourth-order valence-electron chi connectivity index (χ4n) is 2.17. The van der Waals surface area contributed by atoms with Crippen LogP contribution < -0.4 is 5.73 Å². The quantitative estimate of drug-likeness (QED) is 0.887. The van der Waals surface area contributed by atoms with E-state index < -0.39 is 0 Å². The average Bonchev–Trinajstić information content (AvgIpc) is 2.71. The SMILES string of the molecule is CC(C)c1ccc(Cc2sc(N)nc2C(C)C)cc1. The van der Waals surface area contributed by atoms with Gasteiger partial charge in [0.05, 0.1) is 5.69 Å². The van der Waals surface area contributed by atoms with Crippen LogP contribution in [0.25, 0.3) is 0 Å². The molecule has 2 nitrogen and oxygen atoms in total. The molecule has 1 aromatic carbocycles. The molecule has 0 aliphatic carbocycles. The summed E-state index contributed by atoms with van der Waals surface area (Å²) in [5, 5.41) is 0.678. The second-order valence-corrected chi connectivity index (χ2v) is 6.70. The summed E-state index contributed by atoms with van der Waals surface area (Å²) in [5.41, 5.74) is 9.71. The lowest BCUT2D eigenvalue weighted by atomic mass is 9.99. The lowest BCUT2D eigenvalue weighted by Crippen LogP contribution is -1.96. The Labute approximate surface area is 119 Å². The van der Waals surface area contributed by atoms with Crippen molar-refractivity contribution in [3.05, 3.63) is 46.0 Å². The van der Waals surface area contributed by atoms with Crippen molar-refractivity contribution >= 4 is 16.5 Å². The van der Waals surface area contributed by atoms with E-state index in [0.29, 0.717) is 17.0 Å². The molecule has 0 unspecified atom stereocenters. The van der Waals surface area contributed by atoms with Crippen LogP contribution in [0, 0.1) is 0 Å². The van der Waals surface area contributed by atoms with Crippen molar-refractivity contribution in [1.29, 1.82) is 0 Å². The van der Waals surface area contributed by atoms with Crippen LogP contribution in [0.4, 0.5) is 5.13 Å². The van der Waals surface area contributed by atoms with Gasteiger partial charge in [-0.1, -0.05) is 52.0 Å². The first-order valence-corrected chi connectivity index (χ1v) is 7.63. The van der Waals surface area contributed by atoms with Gasteiger partial charge in [0.15, 0.2) is 5.13 Å². The number of hydrogen-bond donors (Lipinski definition) is 1. The van der Waals surface area contributed by atoms with Crippen molar-refractivity contribution in [1.82, 2.24) is 4.98 Å². The molecule has 0 spiro atoms. The van der Waals surface area contributed by atoms with E-state index in [1.54, 1.807) is 11.3 Å². The molecule has 0 saturated carbocycles. The average molecular weight is 274 g/mol. The normalized spacial score (nSPS) is 11.5. The van der Waals surface area contributed by atoms with Gasteiger partial charge < -0.3 is 5.73 Å². The van der Waals surface area contributed by atoms with Crippen molar-refractivity contribution in [3.8, 4) is 0 Å². The molecule has 2 rings (SSSR count). The Kier molecular flexibility index (Phi) is 4.25. The summed E-state index contributed by atoms with van der Waals surface area (Å²) in [6.07, 6.45) is 0.931. The molecule has 0 atom stereocenters. The third kappa shape index (κ3) is 3.35. The zero-order chi connectivity index (χ0) is 14.0. The Morgan fingerprint density at radius 2 is 1.68 bits per heavy atom. The van der Waals surface area contributed by atoms with E-state index in [0.717, 1.165) is 12.1 Å². The maximum absolute atomic E-state index is 5.84. The monoisotopic (exact) mass is 274 g/mol. The molecule has 0 aliphatic rings. The van der Waals surface area contributed by atoms with E-state index in [2.05, 4.69) is 56.9 Å². The van der Waals surface area contributed by atoms with Crippen LogP contribution in [0.5, 0.6) is 0 Å². The van der Waals surface area contributed by atoms with Gasteiger partial charge in [-0.3, -0.25) is 0 Å². The zero-order valence-electron chi connectivity index (χ0n) is 12.1. The summed E-state index contributed by atoms with van der Waals surface area (Å²) in [4.78, 5) is 5.74. The topological polar surface area (TPSA) is 38.9 Å². The first-order chi connectivity index (χ1) is 8.97. The Balaban J connectivity index is 2.21. The predicted octanol–water partition coefficient (Wildman–Crippen LogP) is 4.56. The summed E-state index contributed by atoms with van der Waals surface area (Å²) in [6.45, 7) is 8.77. The maximum atomic E-state index is 5.84. The lowest BCUT2D eigenvalue weighted by Gasteiger charge is -2.08. The van der Waals surface area contributed by atoms with Crippen molar-refractivity contribution in [2.75, 3.05) is 5.73 Å². The third-order valence-electron chi connectivity index (χ3n) is 3.30. The van der Waals surface area contributed by atoms with Gasteiger partial charge in [0, 0.05) is 11.3 Å². The number of thiazole rings is 1. The van der Waals surface area contributed by atoms with Crippen LogP contribution in [0.15, 0.2) is 24.3 Å². The van der Waals surface area contributed by atoms with Crippen LogP contribution in [0.2, 0.25) is 0 Å². The van der Waals surface area contributed by atoms with Gasteiger partial charge >= 0.3 is 0 Å². The number of aromatic nitrogens is 1. The summed E-state index contributed by atoms with van der Waals surface area (Å²) in [7, 11) is 0. The number of nitrogens with two attached hydrogens (primary N) is 1. The van der Waals surface area contributed by atoms with Crippen LogP contribution in [-0.4, -0.2) is 4.98 Å². The zero-order valence-corrected chi connectivity index (χ0v) is 12.9. The number of nitrogens with zero attached hydrogens (tertiary/aromatic N) is 1. The summed E-state index contributed by atoms with van der Waals surface area (Å²) >= 11 is 1.61. The van der Waals surface area contributed by atoms with Gasteiger partial charge in [-0.15, -0.1) is 11.3 Å². The molecule has 102 valence electrons. The predicted molar refractivity (Wildman–Crippen MR) is 84.0 cm³/mol. The van der Waals surface area contributed by atoms with E-state index in [1.807, 2.05) is 0 Å². The Hall–Kier alpha value is -1.35. The molecule has 0 fully saturated rings. The molecule has 0 bridgehead atoms. The first kappa shape index (κ1) is 14.1. The molecule has 2 N–H and O–H groups in total. The highest BCUT2D eigenvalue weighted by molar-refractivity contribution is 7.15. The van der Waals surface area contributed by atoms with Gasteiger partial charge in [0.25, 0.3) is 0 Å². The summed E-state index contributed by atoms with van der Waals surface area (Å²) < 4.78 is 0. The van der Waals surface area contributed by atoms with E-state index in [1.165, 1.54) is 16.0 Å². The highest BCUT2D eigenvalue weighted by Crippen LogP contribution is 2.29. The van der Waals surface area contributed by atoms with Gasteiger partial charge in [-0.25, -0.2) is 4.98 Å². The molecule has 1 heterocycles. The van der Waals surface area contributed by atoms with Gasteiger partial charge in [0.2, 0.25) is 0 Å². The van der Waals surface area contributed by atoms with E-state index in [4.69, 9.17) is 5.73 Å². The minimum Gasteiger partial charge on any atom is -0.375 e. The van der Waals surface area contributed by atoms with Crippen LogP contribution in [0.3, 0.4) is 0 Å². The van der Waals surface area contributed by atoms with Crippen LogP contribution in [-0.2, 0) is 6.42 Å². The summed E-state index contributed by atoms with van der Waals surface area (Å²) in [6, 6.07) is 8.88. The molecule has 0 aliphatic heterocycles. The Morgan fingerprint density at radius 3 is 2.21 bits per heavy atom. The van der Waals surface area contributed by atoms with Gasteiger partial charge in [0.1, 0.15) is 0 Å². The molecule has 3 heteroatoms. The Bertz CT molecular complexity index is 538. The molecule has 0 saturated heterocycles. The lowest BCUT2D eigenvalue weighted by molar-refractivity contribution is 0.820. The number of nitrogen functional groups attached to an aromatic ring is 1. The van der Waals surface area contributed by atoms with Gasteiger partial charge in [-0.2, -0.15) is 0 Å². The second kappa shape index (κ2) is 5.74. The van der Waals surface area contributed by atoms with Crippen molar-refractivity contribution in [2.45, 2.75) is 46.0 Å². The van der Waals surface area contributed by atoms with Crippen LogP contribution >= 0.6 is 11.3 Å². The van der Waals surface area contributed by atoms with E-state index >= 15 is 0 Å². The third-order valence-corrected chi connectivity index (χ3v) is 4.20. The molecule has 0 radical (unpaired) electrons. The highest BCUT2D eigenvalue weighted by atomic mass is 32.1. The number of hydrogen-bond acceptors (Lipinski definition) is 3. The number of rotatable bonds is 4. The minimum atomic E-state index is 0.429. The maximum Gasteiger partial charge on any atom is 0.180 e.